The van der Waals surface area contributed by atoms with Gasteiger partial charge in [0, 0.05) is 5.92 Å². The molecule has 2 amide bonds. The quantitative estimate of drug-likeness (QED) is 0.566. The van der Waals surface area contributed by atoms with Crippen molar-refractivity contribution in [2.24, 2.45) is 0 Å². The molecule has 204 valence electrons. The number of fused-ring (bicyclic) bond motifs is 3. The zero-order valence-corrected chi connectivity index (χ0v) is 22.5. The predicted octanol–water partition coefficient (Wildman–Crippen LogP) is 3.80. The Morgan fingerprint density at radius 1 is 1.08 bits per heavy atom. The Balaban J connectivity index is 1.49. The van der Waals surface area contributed by atoms with Crippen LogP contribution >= 0.6 is 0 Å². The highest BCUT2D eigenvalue weighted by molar-refractivity contribution is 5.90. The van der Waals surface area contributed by atoms with Crippen molar-refractivity contribution in [2.45, 2.75) is 63.8 Å². The maximum Gasteiger partial charge on any atom is 0.407 e. The fourth-order valence-corrected chi connectivity index (χ4v) is 4.89. The molecule has 2 aromatic rings. The second-order valence-corrected chi connectivity index (χ2v) is 11.3. The summed E-state index contributed by atoms with van der Waals surface area (Å²) in [6.45, 7) is 8.92. The topological polar surface area (TPSA) is 114 Å². The van der Waals surface area contributed by atoms with Crippen molar-refractivity contribution in [3.8, 4) is 11.1 Å². The highest BCUT2D eigenvalue weighted by Crippen LogP contribution is 2.44. The Morgan fingerprint density at radius 3 is 2.21 bits per heavy atom. The molecule has 0 radical (unpaired) electrons. The first-order chi connectivity index (χ1) is 17.9. The maximum absolute atomic E-state index is 13.6. The molecule has 0 aromatic heterocycles. The SMILES string of the molecule is CC(C)(C)OCC(NC(=O)OCC1c2ccccc2-c2ccccc21)C(=O)N1CC(C)(C)OCC1C(=O)O. The lowest BCUT2D eigenvalue weighted by atomic mass is 9.98. The third kappa shape index (κ3) is 6.16. The summed E-state index contributed by atoms with van der Waals surface area (Å²) >= 11 is 0. The van der Waals surface area contributed by atoms with Gasteiger partial charge in [-0.3, -0.25) is 4.79 Å². The Hall–Kier alpha value is -3.43. The van der Waals surface area contributed by atoms with Gasteiger partial charge in [0.15, 0.2) is 6.04 Å². The van der Waals surface area contributed by atoms with Crippen LogP contribution in [0.1, 0.15) is 51.7 Å². The number of alkyl carbamates (subject to hydrolysis) is 1. The third-order valence-corrected chi connectivity index (χ3v) is 6.74. The largest absolute Gasteiger partial charge is 0.480 e. The molecule has 38 heavy (non-hydrogen) atoms. The molecule has 2 aliphatic rings. The van der Waals surface area contributed by atoms with E-state index >= 15 is 0 Å². The van der Waals surface area contributed by atoms with Crippen LogP contribution in [0.25, 0.3) is 11.1 Å². The average Bonchev–Trinajstić information content (AvgIpc) is 3.17. The number of nitrogens with zero attached hydrogens (tertiary/aromatic N) is 1. The van der Waals surface area contributed by atoms with Crippen molar-refractivity contribution in [1.29, 1.82) is 0 Å². The molecule has 2 atom stereocenters. The van der Waals surface area contributed by atoms with Crippen LogP contribution in [0.3, 0.4) is 0 Å². The van der Waals surface area contributed by atoms with E-state index in [4.69, 9.17) is 14.2 Å². The van der Waals surface area contributed by atoms with E-state index in [2.05, 4.69) is 17.4 Å². The van der Waals surface area contributed by atoms with Gasteiger partial charge in [-0.05, 0) is 56.9 Å². The van der Waals surface area contributed by atoms with Gasteiger partial charge in [0.2, 0.25) is 5.91 Å². The van der Waals surface area contributed by atoms with Crippen LogP contribution in [0.15, 0.2) is 48.5 Å². The number of morpholine rings is 1. The summed E-state index contributed by atoms with van der Waals surface area (Å²) in [7, 11) is 0. The Kier molecular flexibility index (Phi) is 7.80. The van der Waals surface area contributed by atoms with Crippen LogP contribution in [-0.2, 0) is 23.8 Å². The van der Waals surface area contributed by atoms with Crippen LogP contribution in [-0.4, -0.2) is 77.6 Å². The number of benzene rings is 2. The highest BCUT2D eigenvalue weighted by Gasteiger charge is 2.43. The van der Waals surface area contributed by atoms with Gasteiger partial charge in [-0.1, -0.05) is 48.5 Å². The van der Waals surface area contributed by atoms with E-state index in [9.17, 15) is 19.5 Å². The molecule has 0 saturated carbocycles. The van der Waals surface area contributed by atoms with Gasteiger partial charge in [0.05, 0.1) is 31.0 Å². The first kappa shape index (κ1) is 27.6. The van der Waals surface area contributed by atoms with E-state index in [1.807, 2.05) is 57.2 Å². The van der Waals surface area contributed by atoms with Gasteiger partial charge in [0.1, 0.15) is 12.6 Å². The lowest BCUT2D eigenvalue weighted by Gasteiger charge is -2.43. The highest BCUT2D eigenvalue weighted by atomic mass is 16.6. The molecule has 1 fully saturated rings. The molecule has 4 rings (SSSR count). The number of carboxylic acids is 1. The average molecular weight is 525 g/mol. The number of amides is 2. The fourth-order valence-electron chi connectivity index (χ4n) is 4.89. The molecule has 2 unspecified atom stereocenters. The molecular weight excluding hydrogens is 488 g/mol. The summed E-state index contributed by atoms with van der Waals surface area (Å²) in [6, 6.07) is 13.7. The molecule has 1 heterocycles. The lowest BCUT2D eigenvalue weighted by Crippen LogP contribution is -2.63. The number of rotatable bonds is 7. The summed E-state index contributed by atoms with van der Waals surface area (Å²) < 4.78 is 17.1. The van der Waals surface area contributed by atoms with Crippen molar-refractivity contribution < 1.29 is 33.7 Å². The summed E-state index contributed by atoms with van der Waals surface area (Å²) in [4.78, 5) is 39.7. The Morgan fingerprint density at radius 2 is 1.66 bits per heavy atom. The van der Waals surface area contributed by atoms with Crippen LogP contribution < -0.4 is 5.32 Å². The molecule has 2 aromatic carbocycles. The molecule has 9 nitrogen and oxygen atoms in total. The molecule has 0 bridgehead atoms. The van der Waals surface area contributed by atoms with E-state index in [0.717, 1.165) is 22.3 Å². The summed E-state index contributed by atoms with van der Waals surface area (Å²) in [6.07, 6.45) is -0.776. The van der Waals surface area contributed by atoms with Crippen LogP contribution in [0.5, 0.6) is 0 Å². The second kappa shape index (κ2) is 10.7. The molecule has 1 saturated heterocycles. The predicted molar refractivity (Wildman–Crippen MR) is 141 cm³/mol. The van der Waals surface area contributed by atoms with Crippen molar-refractivity contribution >= 4 is 18.0 Å². The van der Waals surface area contributed by atoms with E-state index in [-0.39, 0.29) is 32.3 Å². The Bertz CT molecular complexity index is 1160. The minimum atomic E-state index is -1.18. The maximum atomic E-state index is 13.6. The Labute approximate surface area is 223 Å². The zero-order chi connectivity index (χ0) is 27.7. The molecule has 0 spiro atoms. The van der Waals surface area contributed by atoms with Gasteiger partial charge >= 0.3 is 12.1 Å². The van der Waals surface area contributed by atoms with E-state index in [1.165, 1.54) is 4.90 Å². The van der Waals surface area contributed by atoms with Gasteiger partial charge in [-0.25, -0.2) is 9.59 Å². The van der Waals surface area contributed by atoms with Crippen LogP contribution in [0.2, 0.25) is 0 Å². The van der Waals surface area contributed by atoms with Gasteiger partial charge in [-0.15, -0.1) is 0 Å². The number of nitrogens with one attached hydrogen (secondary N) is 1. The first-order valence-corrected chi connectivity index (χ1v) is 12.8. The minimum absolute atomic E-state index is 0.0567. The molecule has 9 heteroatoms. The van der Waals surface area contributed by atoms with Gasteiger partial charge < -0.3 is 29.5 Å². The lowest BCUT2D eigenvalue weighted by molar-refractivity contribution is -0.174. The van der Waals surface area contributed by atoms with Gasteiger partial charge in [0.25, 0.3) is 0 Å². The fraction of sp³-hybridized carbons (Fsp3) is 0.483. The minimum Gasteiger partial charge on any atom is -0.480 e. The number of hydrogen-bond acceptors (Lipinski definition) is 6. The first-order valence-electron chi connectivity index (χ1n) is 12.8. The summed E-state index contributed by atoms with van der Waals surface area (Å²) in [5, 5.41) is 12.3. The van der Waals surface area contributed by atoms with Crippen molar-refractivity contribution in [2.75, 3.05) is 26.4 Å². The second-order valence-electron chi connectivity index (χ2n) is 11.3. The molecule has 1 aliphatic carbocycles. The number of carboxylic acid groups (broad SMARTS) is 1. The third-order valence-electron chi connectivity index (χ3n) is 6.74. The van der Waals surface area contributed by atoms with Crippen molar-refractivity contribution in [3.05, 3.63) is 59.7 Å². The number of ether oxygens (including phenoxy) is 3. The smallest absolute Gasteiger partial charge is 0.407 e. The normalized spacial score (nSPS) is 19.3. The van der Waals surface area contributed by atoms with Gasteiger partial charge in [-0.2, -0.15) is 0 Å². The molecular formula is C29H36N2O7. The van der Waals surface area contributed by atoms with Crippen LogP contribution in [0.4, 0.5) is 4.79 Å². The summed E-state index contributed by atoms with van der Waals surface area (Å²) in [5.74, 6) is -1.87. The molecule has 1 aliphatic heterocycles. The number of carbonyl (C=O) groups is 3. The number of hydrogen-bond donors (Lipinski definition) is 2. The standard InChI is InChI=1S/C29H36N2O7/c1-28(2,3)37-15-23(25(32)31-17-29(4,5)38-16-24(31)26(33)34)30-27(35)36-14-22-20-12-8-6-10-18(20)19-11-7-9-13-21(19)22/h6-13,22-24H,14-17H2,1-5H3,(H,30,35)(H,33,34). The number of aliphatic carboxylic acids is 1. The monoisotopic (exact) mass is 524 g/mol. The van der Waals surface area contributed by atoms with Crippen molar-refractivity contribution in [1.82, 2.24) is 10.2 Å². The summed E-state index contributed by atoms with van der Waals surface area (Å²) in [5.41, 5.74) is 3.05. The number of carbonyl (C=O) groups excluding carboxylic acids is 2. The molecule has 2 N–H and O–H groups in total. The van der Waals surface area contributed by atoms with Crippen LogP contribution in [0, 0.1) is 0 Å². The zero-order valence-electron chi connectivity index (χ0n) is 22.5. The van der Waals surface area contributed by atoms with E-state index < -0.39 is 41.3 Å². The van der Waals surface area contributed by atoms with Crippen molar-refractivity contribution in [3.63, 3.8) is 0 Å². The van der Waals surface area contributed by atoms with E-state index in [0.29, 0.717) is 0 Å². The van der Waals surface area contributed by atoms with E-state index in [1.54, 1.807) is 13.8 Å².